The van der Waals surface area contributed by atoms with Crippen LogP contribution in [0, 0.1) is 11.6 Å². The molecule has 0 radical (unpaired) electrons. The molecule has 1 aromatic rings. The molecule has 4 heteroatoms. The summed E-state index contributed by atoms with van der Waals surface area (Å²) in [6, 6.07) is 3.02. The molecule has 0 saturated heterocycles. The van der Waals surface area contributed by atoms with Crippen LogP contribution in [0.1, 0.15) is 18.4 Å². The fourth-order valence-electron chi connectivity index (χ4n) is 1.16. The molecule has 0 unspecified atom stereocenters. The maximum Gasteiger partial charge on any atom is 0.303 e. The normalized spacial score (nSPS) is 10.0. The number of halogens is 2. The molecule has 0 heterocycles. The smallest absolute Gasteiger partial charge is 0.303 e. The second-order valence-electron chi connectivity index (χ2n) is 3.16. The lowest BCUT2D eigenvalue weighted by Crippen LogP contribution is -1.95. The van der Waals surface area contributed by atoms with E-state index >= 15 is 0 Å². The van der Waals surface area contributed by atoms with E-state index in [1.54, 1.807) is 0 Å². The van der Waals surface area contributed by atoms with Gasteiger partial charge in [0.15, 0.2) is 0 Å². The molecule has 1 N–H and O–H groups in total. The number of benzene rings is 1. The van der Waals surface area contributed by atoms with Gasteiger partial charge in [0.1, 0.15) is 11.6 Å². The second-order valence-corrected chi connectivity index (χ2v) is 3.16. The number of hydrogen-bond acceptors (Lipinski definition) is 1. The molecule has 0 bridgehead atoms. The third-order valence-electron chi connectivity index (χ3n) is 1.91. The molecule has 1 aromatic carbocycles. The lowest BCUT2D eigenvalue weighted by molar-refractivity contribution is -0.136. The molecule has 0 aliphatic heterocycles. The van der Waals surface area contributed by atoms with Gasteiger partial charge in [-0.1, -0.05) is 6.58 Å². The van der Waals surface area contributed by atoms with Crippen molar-refractivity contribution in [2.24, 2.45) is 0 Å². The van der Waals surface area contributed by atoms with Crippen molar-refractivity contribution in [1.82, 2.24) is 0 Å². The van der Waals surface area contributed by atoms with Gasteiger partial charge in [0.2, 0.25) is 0 Å². The maximum atomic E-state index is 12.8. The van der Waals surface area contributed by atoms with Crippen molar-refractivity contribution in [3.63, 3.8) is 0 Å². The van der Waals surface area contributed by atoms with Gasteiger partial charge in [0, 0.05) is 12.5 Å². The number of carbonyl (C=O) groups is 1. The summed E-state index contributed by atoms with van der Waals surface area (Å²) < 4.78 is 25.6. The van der Waals surface area contributed by atoms with Crippen molar-refractivity contribution in [2.45, 2.75) is 12.8 Å². The van der Waals surface area contributed by atoms with Crippen LogP contribution in [0.4, 0.5) is 8.78 Å². The molecule has 0 fully saturated rings. The molecule has 0 spiro atoms. The van der Waals surface area contributed by atoms with Crippen LogP contribution in [0.5, 0.6) is 0 Å². The topological polar surface area (TPSA) is 37.3 Å². The third-order valence-corrected chi connectivity index (χ3v) is 1.91. The largest absolute Gasteiger partial charge is 0.481 e. The third kappa shape index (κ3) is 3.50. The van der Waals surface area contributed by atoms with Crippen LogP contribution in [0.25, 0.3) is 5.57 Å². The number of aliphatic carboxylic acids is 1. The Morgan fingerprint density at radius 3 is 2.20 bits per heavy atom. The predicted molar refractivity (Wildman–Crippen MR) is 52.3 cm³/mol. The minimum absolute atomic E-state index is 0.100. The summed E-state index contributed by atoms with van der Waals surface area (Å²) in [6.07, 6.45) is 0.0786. The van der Waals surface area contributed by atoms with Gasteiger partial charge in [-0.25, -0.2) is 8.78 Å². The molecule has 80 valence electrons. The zero-order valence-electron chi connectivity index (χ0n) is 7.96. The van der Waals surface area contributed by atoms with Gasteiger partial charge in [0.05, 0.1) is 0 Å². The molecule has 2 nitrogen and oxygen atoms in total. The van der Waals surface area contributed by atoms with Crippen molar-refractivity contribution < 1.29 is 18.7 Å². The van der Waals surface area contributed by atoms with E-state index in [1.165, 1.54) is 0 Å². The number of hydrogen-bond donors (Lipinski definition) is 1. The zero-order chi connectivity index (χ0) is 11.4. The Hall–Kier alpha value is -1.71. The summed E-state index contributed by atoms with van der Waals surface area (Å²) in [7, 11) is 0. The van der Waals surface area contributed by atoms with E-state index in [4.69, 9.17) is 5.11 Å². The Bertz CT molecular complexity index is 379. The Labute approximate surface area is 85.9 Å². The average Bonchev–Trinajstić information content (AvgIpc) is 2.12. The lowest BCUT2D eigenvalue weighted by atomic mass is 10.0. The highest BCUT2D eigenvalue weighted by Crippen LogP contribution is 2.19. The molecule has 0 amide bonds. The van der Waals surface area contributed by atoms with E-state index < -0.39 is 17.6 Å². The van der Waals surface area contributed by atoms with Crippen LogP contribution in [0.3, 0.4) is 0 Å². The summed E-state index contributed by atoms with van der Waals surface area (Å²) in [5.41, 5.74) is 0.713. The van der Waals surface area contributed by atoms with Crippen molar-refractivity contribution in [3.05, 3.63) is 42.0 Å². The first-order valence-corrected chi connectivity index (χ1v) is 4.35. The van der Waals surface area contributed by atoms with Gasteiger partial charge in [0.25, 0.3) is 0 Å². The summed E-state index contributed by atoms with van der Waals surface area (Å²) in [5.74, 6) is -2.35. The highest BCUT2D eigenvalue weighted by atomic mass is 19.1. The minimum Gasteiger partial charge on any atom is -0.481 e. The Morgan fingerprint density at radius 2 is 1.73 bits per heavy atom. The van der Waals surface area contributed by atoms with E-state index in [0.717, 1.165) is 18.2 Å². The highest BCUT2D eigenvalue weighted by molar-refractivity contribution is 5.72. The summed E-state index contributed by atoms with van der Waals surface area (Å²) in [5, 5.41) is 8.43. The highest BCUT2D eigenvalue weighted by Gasteiger charge is 2.06. The quantitative estimate of drug-likeness (QED) is 0.833. The van der Waals surface area contributed by atoms with Crippen LogP contribution in [-0.4, -0.2) is 11.1 Å². The zero-order valence-corrected chi connectivity index (χ0v) is 7.96. The maximum absolute atomic E-state index is 12.8. The van der Waals surface area contributed by atoms with E-state index in [1.807, 2.05) is 0 Å². The fourth-order valence-corrected chi connectivity index (χ4v) is 1.16. The predicted octanol–water partition coefficient (Wildman–Crippen LogP) is 2.84. The SMILES string of the molecule is C=C(CCC(=O)O)c1cc(F)cc(F)c1. The number of rotatable bonds is 4. The summed E-state index contributed by atoms with van der Waals surface area (Å²) in [4.78, 5) is 10.3. The van der Waals surface area contributed by atoms with Crippen molar-refractivity contribution in [2.75, 3.05) is 0 Å². The van der Waals surface area contributed by atoms with Gasteiger partial charge in [-0.3, -0.25) is 4.79 Å². The van der Waals surface area contributed by atoms with E-state index in [2.05, 4.69) is 6.58 Å². The molecule has 0 aliphatic carbocycles. The van der Waals surface area contributed by atoms with Crippen LogP contribution in [-0.2, 0) is 4.79 Å². The monoisotopic (exact) mass is 212 g/mol. The molecule has 15 heavy (non-hydrogen) atoms. The first kappa shape index (κ1) is 11.4. The lowest BCUT2D eigenvalue weighted by Gasteiger charge is -2.04. The molecule has 0 saturated carbocycles. The first-order valence-electron chi connectivity index (χ1n) is 4.35. The Balaban J connectivity index is 2.77. The number of allylic oxidation sites excluding steroid dienone is 1. The average molecular weight is 212 g/mol. The van der Waals surface area contributed by atoms with Gasteiger partial charge in [-0.05, 0) is 29.7 Å². The minimum atomic E-state index is -0.965. The van der Waals surface area contributed by atoms with Gasteiger partial charge in [-0.2, -0.15) is 0 Å². The molecule has 0 aliphatic rings. The number of carboxylic acids is 1. The summed E-state index contributed by atoms with van der Waals surface area (Å²) in [6.45, 7) is 3.58. The molecule has 1 rings (SSSR count). The molecule has 0 aromatic heterocycles. The van der Waals surface area contributed by atoms with Crippen molar-refractivity contribution in [3.8, 4) is 0 Å². The van der Waals surface area contributed by atoms with Gasteiger partial charge >= 0.3 is 5.97 Å². The van der Waals surface area contributed by atoms with Crippen LogP contribution < -0.4 is 0 Å². The van der Waals surface area contributed by atoms with E-state index in [9.17, 15) is 13.6 Å². The Morgan fingerprint density at radius 1 is 1.20 bits per heavy atom. The first-order chi connectivity index (χ1) is 6.99. The Kier molecular flexibility index (Phi) is 3.55. The summed E-state index contributed by atoms with van der Waals surface area (Å²) >= 11 is 0. The van der Waals surface area contributed by atoms with Gasteiger partial charge in [-0.15, -0.1) is 0 Å². The van der Waals surface area contributed by atoms with Crippen LogP contribution in [0.15, 0.2) is 24.8 Å². The van der Waals surface area contributed by atoms with E-state index in [0.29, 0.717) is 11.1 Å². The molecule has 0 atom stereocenters. The molecular weight excluding hydrogens is 202 g/mol. The second kappa shape index (κ2) is 4.68. The van der Waals surface area contributed by atoms with Crippen LogP contribution in [0.2, 0.25) is 0 Å². The fraction of sp³-hybridized carbons (Fsp3) is 0.182. The van der Waals surface area contributed by atoms with Crippen molar-refractivity contribution in [1.29, 1.82) is 0 Å². The van der Waals surface area contributed by atoms with Gasteiger partial charge < -0.3 is 5.11 Å². The van der Waals surface area contributed by atoms with Crippen LogP contribution >= 0.6 is 0 Å². The standard InChI is InChI=1S/C11H10F2O2/c1-7(2-3-11(14)15)8-4-9(12)6-10(13)5-8/h4-6H,1-3H2,(H,14,15). The van der Waals surface area contributed by atoms with Crippen molar-refractivity contribution >= 4 is 11.5 Å². The number of carboxylic acid groups (broad SMARTS) is 1. The van der Waals surface area contributed by atoms with E-state index in [-0.39, 0.29) is 12.8 Å². The molecular formula is C11H10F2O2.